The summed E-state index contributed by atoms with van der Waals surface area (Å²) in [6.07, 6.45) is 2.82. The Kier molecular flexibility index (Phi) is 5.96. The Labute approximate surface area is 127 Å². The van der Waals surface area contributed by atoms with Gasteiger partial charge in [0.05, 0.1) is 25.4 Å². The lowest BCUT2D eigenvalue weighted by Gasteiger charge is -2.39. The van der Waals surface area contributed by atoms with Gasteiger partial charge < -0.3 is 20.1 Å². The van der Waals surface area contributed by atoms with Crippen LogP contribution in [0.25, 0.3) is 0 Å². The number of rotatable bonds is 6. The summed E-state index contributed by atoms with van der Waals surface area (Å²) in [5, 5.41) is 12.9. The van der Waals surface area contributed by atoms with Crippen LogP contribution in [0.3, 0.4) is 0 Å². The summed E-state index contributed by atoms with van der Waals surface area (Å²) in [6, 6.07) is 4.64. The highest BCUT2D eigenvalue weighted by Gasteiger charge is 2.28. The topological polar surface area (TPSA) is 57.6 Å². The molecule has 0 saturated carbocycles. The second kappa shape index (κ2) is 7.73. The third-order valence-corrected chi connectivity index (χ3v) is 3.97. The fourth-order valence-corrected chi connectivity index (χ4v) is 2.68. The average molecular weight is 293 g/mol. The molecule has 0 bridgehead atoms. The Bertz CT molecular complexity index is 441. The first-order valence-electron chi connectivity index (χ1n) is 7.84. The van der Waals surface area contributed by atoms with Crippen LogP contribution in [0.2, 0.25) is 0 Å². The van der Waals surface area contributed by atoms with Gasteiger partial charge in [-0.1, -0.05) is 13.0 Å². The van der Waals surface area contributed by atoms with Crippen LogP contribution in [0.4, 0.5) is 5.82 Å². The van der Waals surface area contributed by atoms with Gasteiger partial charge in [0, 0.05) is 24.3 Å². The van der Waals surface area contributed by atoms with Crippen LogP contribution in [0, 0.1) is 0 Å². The number of nitrogens with zero attached hydrogens (tertiary/aromatic N) is 2. The Morgan fingerprint density at radius 1 is 1.57 bits per heavy atom. The van der Waals surface area contributed by atoms with Crippen molar-refractivity contribution >= 4 is 5.82 Å². The number of hydrogen-bond acceptors (Lipinski definition) is 5. The number of nitrogens with one attached hydrogen (secondary N) is 1. The first kappa shape index (κ1) is 16.2. The van der Waals surface area contributed by atoms with Crippen molar-refractivity contribution in [1.82, 2.24) is 10.3 Å². The third-order valence-electron chi connectivity index (χ3n) is 3.97. The standard InChI is InChI=1S/C16H27N3O2/c1-4-7-17-13(3)15-6-5-8-18-16(15)19-9-14(10-20)21-11-12(19)2/h5-6,8,12-14,17,20H,4,7,9-11H2,1-3H3. The van der Waals surface area contributed by atoms with Crippen molar-refractivity contribution in [3.63, 3.8) is 0 Å². The zero-order chi connectivity index (χ0) is 15.2. The molecule has 1 aromatic rings. The first-order chi connectivity index (χ1) is 10.2. The van der Waals surface area contributed by atoms with Crippen molar-refractivity contribution in [1.29, 1.82) is 0 Å². The number of ether oxygens (including phenoxy) is 1. The maximum Gasteiger partial charge on any atom is 0.133 e. The SMILES string of the molecule is CCCNC(C)c1cccnc1N1CC(CO)OCC1C. The fraction of sp³-hybridized carbons (Fsp3) is 0.688. The fourth-order valence-electron chi connectivity index (χ4n) is 2.68. The highest BCUT2D eigenvalue weighted by atomic mass is 16.5. The van der Waals surface area contributed by atoms with Gasteiger partial charge >= 0.3 is 0 Å². The molecule has 21 heavy (non-hydrogen) atoms. The van der Waals surface area contributed by atoms with Crippen LogP contribution < -0.4 is 10.2 Å². The largest absolute Gasteiger partial charge is 0.394 e. The molecule has 0 aromatic carbocycles. The van der Waals surface area contributed by atoms with Gasteiger partial charge in [-0.2, -0.15) is 0 Å². The summed E-state index contributed by atoms with van der Waals surface area (Å²) in [5.74, 6) is 1.00. The number of aliphatic hydroxyl groups is 1. The molecule has 0 radical (unpaired) electrons. The lowest BCUT2D eigenvalue weighted by Crippen LogP contribution is -2.50. The monoisotopic (exact) mass is 293 g/mol. The van der Waals surface area contributed by atoms with Crippen LogP contribution in [-0.2, 0) is 4.74 Å². The molecule has 5 nitrogen and oxygen atoms in total. The van der Waals surface area contributed by atoms with Gasteiger partial charge in [0.2, 0.25) is 0 Å². The normalized spacial score (nSPS) is 24.1. The number of hydrogen-bond donors (Lipinski definition) is 2. The molecule has 2 heterocycles. The summed E-state index contributed by atoms with van der Waals surface area (Å²) in [6.45, 7) is 8.82. The quantitative estimate of drug-likeness (QED) is 0.836. The molecule has 2 N–H and O–H groups in total. The Morgan fingerprint density at radius 2 is 2.38 bits per heavy atom. The van der Waals surface area contributed by atoms with Crippen molar-refractivity contribution < 1.29 is 9.84 Å². The van der Waals surface area contributed by atoms with Gasteiger partial charge in [-0.25, -0.2) is 4.98 Å². The minimum Gasteiger partial charge on any atom is -0.394 e. The Morgan fingerprint density at radius 3 is 3.10 bits per heavy atom. The van der Waals surface area contributed by atoms with Crippen molar-refractivity contribution in [2.75, 3.05) is 31.2 Å². The molecule has 0 aliphatic carbocycles. The van der Waals surface area contributed by atoms with E-state index in [9.17, 15) is 5.11 Å². The lowest BCUT2D eigenvalue weighted by atomic mass is 10.1. The predicted octanol–water partition coefficient (Wildman–Crippen LogP) is 1.73. The summed E-state index contributed by atoms with van der Waals surface area (Å²) >= 11 is 0. The van der Waals surface area contributed by atoms with Crippen LogP contribution in [0.5, 0.6) is 0 Å². The van der Waals surface area contributed by atoms with Crippen LogP contribution in [0.15, 0.2) is 18.3 Å². The number of pyridine rings is 1. The van der Waals surface area contributed by atoms with Gasteiger partial charge in [0.1, 0.15) is 5.82 Å². The zero-order valence-corrected chi connectivity index (χ0v) is 13.2. The van der Waals surface area contributed by atoms with Gasteiger partial charge in [0.25, 0.3) is 0 Å². The van der Waals surface area contributed by atoms with Crippen LogP contribution in [-0.4, -0.2) is 48.5 Å². The molecule has 1 aliphatic rings. The summed E-state index contributed by atoms with van der Waals surface area (Å²) < 4.78 is 5.62. The molecular formula is C16H27N3O2. The van der Waals surface area contributed by atoms with Gasteiger partial charge in [-0.05, 0) is 32.9 Å². The van der Waals surface area contributed by atoms with Gasteiger partial charge in [-0.3, -0.25) is 0 Å². The number of aliphatic hydroxyl groups excluding tert-OH is 1. The van der Waals surface area contributed by atoms with E-state index in [1.54, 1.807) is 0 Å². The highest BCUT2D eigenvalue weighted by molar-refractivity contribution is 5.49. The predicted molar refractivity (Wildman–Crippen MR) is 84.6 cm³/mol. The van der Waals surface area contributed by atoms with E-state index in [-0.39, 0.29) is 24.8 Å². The van der Waals surface area contributed by atoms with E-state index < -0.39 is 0 Å². The minimum absolute atomic E-state index is 0.0506. The average Bonchev–Trinajstić information content (AvgIpc) is 2.53. The van der Waals surface area contributed by atoms with E-state index in [4.69, 9.17) is 4.74 Å². The van der Waals surface area contributed by atoms with E-state index in [2.05, 4.69) is 42.0 Å². The molecule has 1 aliphatic heterocycles. The molecule has 3 unspecified atom stereocenters. The maximum absolute atomic E-state index is 9.35. The van der Waals surface area contributed by atoms with Crippen LogP contribution >= 0.6 is 0 Å². The van der Waals surface area contributed by atoms with Gasteiger partial charge in [0.15, 0.2) is 0 Å². The number of anilines is 1. The molecular weight excluding hydrogens is 266 g/mol. The Balaban J connectivity index is 2.21. The van der Waals surface area contributed by atoms with Crippen LogP contribution in [0.1, 0.15) is 38.8 Å². The molecule has 118 valence electrons. The first-order valence-corrected chi connectivity index (χ1v) is 7.84. The minimum atomic E-state index is -0.130. The smallest absolute Gasteiger partial charge is 0.133 e. The molecule has 1 aromatic heterocycles. The van der Waals surface area contributed by atoms with Crippen molar-refractivity contribution in [2.24, 2.45) is 0 Å². The molecule has 0 amide bonds. The second-order valence-corrected chi connectivity index (χ2v) is 5.73. The molecule has 1 fully saturated rings. The van der Waals surface area contributed by atoms with E-state index in [1.165, 1.54) is 5.56 Å². The summed E-state index contributed by atoms with van der Waals surface area (Å²) in [7, 11) is 0. The van der Waals surface area contributed by atoms with E-state index in [0.717, 1.165) is 18.8 Å². The van der Waals surface area contributed by atoms with E-state index >= 15 is 0 Å². The van der Waals surface area contributed by atoms with E-state index in [0.29, 0.717) is 13.2 Å². The zero-order valence-electron chi connectivity index (χ0n) is 13.2. The molecule has 0 spiro atoms. The second-order valence-electron chi connectivity index (χ2n) is 5.73. The number of aromatic nitrogens is 1. The molecule has 3 atom stereocenters. The molecule has 2 rings (SSSR count). The maximum atomic E-state index is 9.35. The van der Waals surface area contributed by atoms with Crippen molar-refractivity contribution in [3.8, 4) is 0 Å². The van der Waals surface area contributed by atoms with Gasteiger partial charge in [-0.15, -0.1) is 0 Å². The van der Waals surface area contributed by atoms with Crippen molar-refractivity contribution in [3.05, 3.63) is 23.9 Å². The molecule has 5 heteroatoms. The lowest BCUT2D eigenvalue weighted by molar-refractivity contribution is -0.0106. The van der Waals surface area contributed by atoms with E-state index in [1.807, 2.05) is 12.3 Å². The highest BCUT2D eigenvalue weighted by Crippen LogP contribution is 2.27. The Hall–Kier alpha value is -1.17. The molecule has 1 saturated heterocycles. The summed E-state index contributed by atoms with van der Waals surface area (Å²) in [5.41, 5.74) is 1.20. The third kappa shape index (κ3) is 3.93. The van der Waals surface area contributed by atoms with Crippen molar-refractivity contribution in [2.45, 2.75) is 45.4 Å². The number of morpholine rings is 1. The summed E-state index contributed by atoms with van der Waals surface area (Å²) in [4.78, 5) is 6.85.